The van der Waals surface area contributed by atoms with Crippen LogP contribution in [0.15, 0.2) is 65.3 Å². The Morgan fingerprint density at radius 2 is 1.77 bits per heavy atom. The van der Waals surface area contributed by atoms with Gasteiger partial charge in [0.2, 0.25) is 0 Å². The molecule has 2 aromatic heterocycles. The van der Waals surface area contributed by atoms with Crippen molar-refractivity contribution in [1.29, 1.82) is 0 Å². The summed E-state index contributed by atoms with van der Waals surface area (Å²) in [5, 5.41) is 8.09. The zero-order chi connectivity index (χ0) is 24.6. The van der Waals surface area contributed by atoms with E-state index in [1.165, 1.54) is 6.07 Å². The van der Waals surface area contributed by atoms with Crippen molar-refractivity contribution in [2.75, 3.05) is 18.4 Å². The molecule has 1 aliphatic heterocycles. The van der Waals surface area contributed by atoms with Crippen molar-refractivity contribution in [2.45, 2.75) is 38.5 Å². The van der Waals surface area contributed by atoms with Crippen molar-refractivity contribution in [2.24, 2.45) is 0 Å². The van der Waals surface area contributed by atoms with Gasteiger partial charge in [-0.15, -0.1) is 0 Å². The van der Waals surface area contributed by atoms with Gasteiger partial charge in [-0.2, -0.15) is 22.8 Å². The summed E-state index contributed by atoms with van der Waals surface area (Å²) in [5.41, 5.74) is 3.57. The van der Waals surface area contributed by atoms with Gasteiger partial charge in [0.25, 0.3) is 0 Å². The number of aryl methyl sites for hydroxylation is 1. The van der Waals surface area contributed by atoms with E-state index in [1.54, 1.807) is 22.8 Å². The molecule has 0 radical (unpaired) electrons. The fourth-order valence-electron chi connectivity index (χ4n) is 4.66. The van der Waals surface area contributed by atoms with E-state index in [4.69, 9.17) is 4.98 Å². The Morgan fingerprint density at radius 1 is 1.06 bits per heavy atom. The Balaban J connectivity index is 1.32. The average molecular weight is 544 g/mol. The molecule has 5 nitrogen and oxygen atoms in total. The van der Waals surface area contributed by atoms with E-state index < -0.39 is 11.7 Å². The van der Waals surface area contributed by atoms with Gasteiger partial charge in [0, 0.05) is 37.3 Å². The highest BCUT2D eigenvalue weighted by molar-refractivity contribution is 9.10. The van der Waals surface area contributed by atoms with Gasteiger partial charge in [-0.3, -0.25) is 4.90 Å². The molecule has 0 spiro atoms. The third-order valence-electron chi connectivity index (χ3n) is 6.51. The minimum absolute atomic E-state index is 0.183. The molecule has 2 aromatic carbocycles. The number of piperidine rings is 1. The number of rotatable bonds is 5. The monoisotopic (exact) mass is 543 g/mol. The fourth-order valence-corrected chi connectivity index (χ4v) is 5.01. The van der Waals surface area contributed by atoms with Crippen LogP contribution in [0.3, 0.4) is 0 Å². The summed E-state index contributed by atoms with van der Waals surface area (Å²) >= 11 is 3.55. The van der Waals surface area contributed by atoms with Crippen molar-refractivity contribution >= 4 is 27.4 Å². The largest absolute Gasteiger partial charge is 0.416 e. The highest BCUT2D eigenvalue weighted by atomic mass is 79.9. The van der Waals surface area contributed by atoms with Crippen LogP contribution in [-0.2, 0) is 12.7 Å². The quantitative estimate of drug-likeness (QED) is 0.309. The molecule has 0 atom stereocenters. The molecule has 0 unspecified atom stereocenters. The topological polar surface area (TPSA) is 45.5 Å². The first-order chi connectivity index (χ1) is 16.8. The van der Waals surface area contributed by atoms with Crippen LogP contribution in [0.2, 0.25) is 0 Å². The van der Waals surface area contributed by atoms with E-state index in [-0.39, 0.29) is 6.04 Å². The second-order valence-electron chi connectivity index (χ2n) is 8.92. The van der Waals surface area contributed by atoms with Gasteiger partial charge in [0.1, 0.15) is 5.82 Å². The fraction of sp³-hybridized carbons (Fsp3) is 0.308. The van der Waals surface area contributed by atoms with Crippen LogP contribution in [0.4, 0.5) is 19.0 Å². The van der Waals surface area contributed by atoms with Crippen molar-refractivity contribution in [1.82, 2.24) is 19.5 Å². The first kappa shape index (κ1) is 23.8. The zero-order valence-corrected chi connectivity index (χ0v) is 20.8. The lowest BCUT2D eigenvalue weighted by atomic mass is 10.0. The number of alkyl halides is 3. The molecule has 0 aliphatic carbocycles. The SMILES string of the molecule is Cc1ccccc1-c1cc(NC2CCN(Cc3ccccc3C(F)(F)F)CC2)n2ncc(Br)c2n1. The molecule has 0 amide bonds. The molecule has 4 aromatic rings. The van der Waals surface area contributed by atoms with Gasteiger partial charge >= 0.3 is 6.18 Å². The summed E-state index contributed by atoms with van der Waals surface area (Å²) in [6, 6.07) is 16.2. The minimum Gasteiger partial charge on any atom is -0.367 e. The number of nitrogens with zero attached hydrogens (tertiary/aromatic N) is 4. The number of nitrogens with one attached hydrogen (secondary N) is 1. The van der Waals surface area contributed by atoms with Crippen LogP contribution < -0.4 is 5.32 Å². The smallest absolute Gasteiger partial charge is 0.367 e. The molecular formula is C26H25BrF3N5. The minimum atomic E-state index is -4.34. The summed E-state index contributed by atoms with van der Waals surface area (Å²) in [6.07, 6.45) is -0.966. The lowest BCUT2D eigenvalue weighted by Crippen LogP contribution is -2.39. The Hall–Kier alpha value is -2.91. The molecular weight excluding hydrogens is 519 g/mol. The van der Waals surface area contributed by atoms with Crippen molar-refractivity contribution in [3.8, 4) is 11.3 Å². The number of hydrogen-bond donors (Lipinski definition) is 1. The summed E-state index contributed by atoms with van der Waals surface area (Å²) in [4.78, 5) is 6.91. The average Bonchev–Trinajstić information content (AvgIpc) is 3.21. The van der Waals surface area contributed by atoms with E-state index in [2.05, 4.69) is 50.3 Å². The van der Waals surface area contributed by atoms with Crippen molar-refractivity contribution in [3.05, 3.63) is 82.0 Å². The maximum atomic E-state index is 13.4. The number of hydrogen-bond acceptors (Lipinski definition) is 4. The molecule has 1 N–H and O–H groups in total. The summed E-state index contributed by atoms with van der Waals surface area (Å²) in [6.45, 7) is 3.79. The van der Waals surface area contributed by atoms with Crippen LogP contribution in [0.5, 0.6) is 0 Å². The van der Waals surface area contributed by atoms with E-state index in [0.717, 1.165) is 51.7 Å². The molecule has 0 bridgehead atoms. The predicted octanol–water partition coefficient (Wildman–Crippen LogP) is 6.56. The van der Waals surface area contributed by atoms with Gasteiger partial charge in [-0.1, -0.05) is 42.5 Å². The molecule has 1 fully saturated rings. The second kappa shape index (κ2) is 9.62. The zero-order valence-electron chi connectivity index (χ0n) is 19.2. The Labute approximate surface area is 210 Å². The van der Waals surface area contributed by atoms with Crippen LogP contribution in [0, 0.1) is 6.92 Å². The van der Waals surface area contributed by atoms with Gasteiger partial charge < -0.3 is 5.32 Å². The van der Waals surface area contributed by atoms with Gasteiger partial charge in [-0.25, -0.2) is 4.98 Å². The number of fused-ring (bicyclic) bond motifs is 1. The predicted molar refractivity (Wildman–Crippen MR) is 134 cm³/mol. The lowest BCUT2D eigenvalue weighted by molar-refractivity contribution is -0.138. The van der Waals surface area contributed by atoms with Crippen LogP contribution in [0.1, 0.15) is 29.5 Å². The van der Waals surface area contributed by atoms with Crippen LogP contribution in [-0.4, -0.2) is 38.6 Å². The molecule has 0 saturated carbocycles. The Bertz CT molecular complexity index is 1340. The highest BCUT2D eigenvalue weighted by Crippen LogP contribution is 2.33. The standard InChI is InChI=1S/C26H25BrF3N5/c1-17-6-2-4-8-20(17)23-14-24(35-25(33-23)22(27)15-31-35)32-19-10-12-34(13-11-19)16-18-7-3-5-9-21(18)26(28,29)30/h2-9,14-15,19,32H,10-13,16H2,1H3. The number of anilines is 1. The lowest BCUT2D eigenvalue weighted by Gasteiger charge is -2.33. The molecule has 9 heteroatoms. The highest BCUT2D eigenvalue weighted by Gasteiger charge is 2.33. The molecule has 5 rings (SSSR count). The van der Waals surface area contributed by atoms with Crippen molar-refractivity contribution in [3.63, 3.8) is 0 Å². The number of aromatic nitrogens is 3. The van der Waals surface area contributed by atoms with Crippen LogP contribution in [0.25, 0.3) is 16.9 Å². The Morgan fingerprint density at radius 3 is 2.51 bits per heavy atom. The third kappa shape index (κ3) is 5.06. The number of likely N-dealkylation sites (tertiary alicyclic amines) is 1. The second-order valence-corrected chi connectivity index (χ2v) is 9.77. The first-order valence-corrected chi connectivity index (χ1v) is 12.3. The Kier molecular flexibility index (Phi) is 6.55. The van der Waals surface area contributed by atoms with E-state index in [9.17, 15) is 13.2 Å². The molecule has 1 aliphatic rings. The molecule has 1 saturated heterocycles. The summed E-state index contributed by atoms with van der Waals surface area (Å²) in [5.74, 6) is 0.847. The first-order valence-electron chi connectivity index (χ1n) is 11.5. The van der Waals surface area contributed by atoms with E-state index in [0.29, 0.717) is 25.2 Å². The maximum absolute atomic E-state index is 13.4. The third-order valence-corrected chi connectivity index (χ3v) is 7.07. The normalized spacial score (nSPS) is 15.6. The van der Waals surface area contributed by atoms with E-state index >= 15 is 0 Å². The van der Waals surface area contributed by atoms with Gasteiger partial charge in [-0.05, 0) is 52.9 Å². The molecule has 182 valence electrons. The number of benzene rings is 2. The summed E-state index contributed by atoms with van der Waals surface area (Å²) in [7, 11) is 0. The van der Waals surface area contributed by atoms with Gasteiger partial charge in [0.15, 0.2) is 5.65 Å². The summed E-state index contributed by atoms with van der Waals surface area (Å²) < 4.78 is 42.7. The number of halogens is 4. The maximum Gasteiger partial charge on any atom is 0.416 e. The van der Waals surface area contributed by atoms with Gasteiger partial charge in [0.05, 0.1) is 21.9 Å². The van der Waals surface area contributed by atoms with E-state index in [1.807, 2.05) is 18.2 Å². The van der Waals surface area contributed by atoms with Crippen molar-refractivity contribution < 1.29 is 13.2 Å². The molecule has 35 heavy (non-hydrogen) atoms. The molecule has 3 heterocycles. The van der Waals surface area contributed by atoms with Crippen LogP contribution >= 0.6 is 15.9 Å².